The van der Waals surface area contributed by atoms with Gasteiger partial charge in [0, 0.05) is 25.7 Å². The van der Waals surface area contributed by atoms with E-state index in [1.807, 2.05) is 0 Å². The molecule has 0 saturated carbocycles. The molecule has 0 spiro atoms. The number of pyridine rings is 1. The van der Waals surface area contributed by atoms with Crippen LogP contribution in [0.15, 0.2) is 12.1 Å². The maximum Gasteiger partial charge on any atom is 0.290 e. The Balaban J connectivity index is 1.46. The Morgan fingerprint density at radius 2 is 2.08 bits per heavy atom. The van der Waals surface area contributed by atoms with Crippen LogP contribution in [0.5, 0.6) is 0 Å². The summed E-state index contributed by atoms with van der Waals surface area (Å²) in [6, 6.07) is 3.28. The van der Waals surface area contributed by atoms with Gasteiger partial charge < -0.3 is 14.5 Å². The first-order valence-corrected chi connectivity index (χ1v) is 8.84. The van der Waals surface area contributed by atoms with Crippen LogP contribution in [-0.2, 0) is 4.74 Å². The van der Waals surface area contributed by atoms with Gasteiger partial charge in [-0.3, -0.25) is 10.1 Å². The minimum atomic E-state index is -0.386. The molecule has 132 valence electrons. The molecule has 0 amide bonds. The fourth-order valence-corrected chi connectivity index (χ4v) is 3.51. The van der Waals surface area contributed by atoms with E-state index in [1.165, 1.54) is 32.4 Å². The van der Waals surface area contributed by atoms with Crippen molar-refractivity contribution in [3.63, 3.8) is 0 Å². The van der Waals surface area contributed by atoms with Crippen LogP contribution in [0.2, 0.25) is 0 Å². The second-order valence-electron chi connectivity index (χ2n) is 6.66. The van der Waals surface area contributed by atoms with Crippen molar-refractivity contribution in [2.75, 3.05) is 44.2 Å². The molecule has 7 heteroatoms. The molecule has 0 radical (unpaired) electrons. The lowest BCUT2D eigenvalue weighted by molar-refractivity contribution is -0.385. The predicted molar refractivity (Wildman–Crippen MR) is 92.5 cm³/mol. The van der Waals surface area contributed by atoms with Crippen LogP contribution in [0, 0.1) is 17.0 Å². The molecule has 0 N–H and O–H groups in total. The van der Waals surface area contributed by atoms with E-state index in [-0.39, 0.29) is 16.7 Å². The lowest BCUT2D eigenvalue weighted by Gasteiger charge is -2.26. The van der Waals surface area contributed by atoms with Crippen LogP contribution < -0.4 is 4.90 Å². The Morgan fingerprint density at radius 3 is 2.79 bits per heavy atom. The van der Waals surface area contributed by atoms with Gasteiger partial charge in [-0.2, -0.15) is 0 Å². The highest BCUT2D eigenvalue weighted by Crippen LogP contribution is 2.24. The minimum absolute atomic E-state index is 0.0762. The van der Waals surface area contributed by atoms with Gasteiger partial charge in [-0.15, -0.1) is 0 Å². The topological polar surface area (TPSA) is 71.7 Å². The number of aryl methyl sites for hydroxylation is 1. The Morgan fingerprint density at radius 1 is 1.29 bits per heavy atom. The summed E-state index contributed by atoms with van der Waals surface area (Å²) in [4.78, 5) is 19.5. The number of rotatable bonds is 6. The van der Waals surface area contributed by atoms with E-state index in [9.17, 15) is 10.1 Å². The second-order valence-corrected chi connectivity index (χ2v) is 6.66. The van der Waals surface area contributed by atoms with Crippen LogP contribution >= 0.6 is 0 Å². The summed E-state index contributed by atoms with van der Waals surface area (Å²) in [5.41, 5.74) is 0.541. The van der Waals surface area contributed by atoms with Crippen molar-refractivity contribution in [2.45, 2.75) is 38.7 Å². The maximum absolute atomic E-state index is 10.9. The smallest absolute Gasteiger partial charge is 0.290 e. The van der Waals surface area contributed by atoms with Gasteiger partial charge in [0.15, 0.2) is 0 Å². The van der Waals surface area contributed by atoms with Gasteiger partial charge in [0.2, 0.25) is 0 Å². The van der Waals surface area contributed by atoms with Gasteiger partial charge in [-0.25, -0.2) is 4.98 Å². The number of likely N-dealkylation sites (tertiary alicyclic amines) is 1. The van der Waals surface area contributed by atoms with Crippen LogP contribution in [0.3, 0.4) is 0 Å². The van der Waals surface area contributed by atoms with E-state index in [1.54, 1.807) is 19.1 Å². The van der Waals surface area contributed by atoms with E-state index in [0.29, 0.717) is 5.69 Å². The number of anilines is 1. The zero-order valence-corrected chi connectivity index (χ0v) is 14.3. The largest absolute Gasteiger partial charge is 0.375 e. The highest BCUT2D eigenvalue weighted by atomic mass is 16.6. The van der Waals surface area contributed by atoms with Gasteiger partial charge in [-0.1, -0.05) is 6.42 Å². The van der Waals surface area contributed by atoms with Gasteiger partial charge in [0.25, 0.3) is 5.69 Å². The third kappa shape index (κ3) is 4.21. The number of hydrogen-bond acceptors (Lipinski definition) is 6. The molecule has 24 heavy (non-hydrogen) atoms. The Bertz CT molecular complexity index is 575. The quantitative estimate of drug-likeness (QED) is 0.587. The number of piperidine rings is 1. The van der Waals surface area contributed by atoms with Crippen molar-refractivity contribution in [3.05, 3.63) is 27.9 Å². The van der Waals surface area contributed by atoms with Crippen molar-refractivity contribution >= 4 is 11.5 Å². The van der Waals surface area contributed by atoms with Crippen molar-refractivity contribution in [1.29, 1.82) is 0 Å². The predicted octanol–water partition coefficient (Wildman–Crippen LogP) is 2.38. The molecule has 2 saturated heterocycles. The van der Waals surface area contributed by atoms with Crippen LogP contribution in [0.1, 0.15) is 31.4 Å². The molecule has 3 rings (SSSR count). The van der Waals surface area contributed by atoms with E-state index < -0.39 is 0 Å². The molecular weight excluding hydrogens is 308 g/mol. The Kier molecular flexibility index (Phi) is 5.63. The van der Waals surface area contributed by atoms with E-state index in [2.05, 4.69) is 14.8 Å². The summed E-state index contributed by atoms with van der Waals surface area (Å²) in [7, 11) is 0. The first-order chi connectivity index (χ1) is 11.6. The summed E-state index contributed by atoms with van der Waals surface area (Å²) in [5.74, 6) is 0.806. The summed E-state index contributed by atoms with van der Waals surface area (Å²) in [6.07, 6.45) is 5.19. The number of nitro groups is 1. The van der Waals surface area contributed by atoms with Gasteiger partial charge >= 0.3 is 0 Å². The lowest BCUT2D eigenvalue weighted by atomic mass is 10.1. The first kappa shape index (κ1) is 17.1. The molecule has 0 unspecified atom stereocenters. The van der Waals surface area contributed by atoms with Crippen molar-refractivity contribution in [2.24, 2.45) is 0 Å². The zero-order chi connectivity index (χ0) is 16.9. The number of ether oxygens (including phenoxy) is 1. The summed E-state index contributed by atoms with van der Waals surface area (Å²) < 4.78 is 6.03. The number of aromatic nitrogens is 1. The molecule has 2 aliphatic heterocycles. The highest BCUT2D eigenvalue weighted by molar-refractivity contribution is 5.47. The van der Waals surface area contributed by atoms with E-state index in [0.717, 1.165) is 38.5 Å². The van der Waals surface area contributed by atoms with Crippen molar-refractivity contribution in [1.82, 2.24) is 9.88 Å². The summed E-state index contributed by atoms with van der Waals surface area (Å²) in [5, 5.41) is 10.9. The maximum atomic E-state index is 10.9. The van der Waals surface area contributed by atoms with Gasteiger partial charge in [0.05, 0.1) is 17.6 Å². The third-order valence-electron chi connectivity index (χ3n) is 4.92. The van der Waals surface area contributed by atoms with Crippen LogP contribution in [0.25, 0.3) is 0 Å². The minimum Gasteiger partial charge on any atom is -0.375 e. The van der Waals surface area contributed by atoms with Crippen molar-refractivity contribution < 1.29 is 9.66 Å². The van der Waals surface area contributed by atoms with Gasteiger partial charge in [-0.05, 0) is 45.3 Å². The fourth-order valence-electron chi connectivity index (χ4n) is 3.51. The normalized spacial score (nSPS) is 22.0. The SMILES string of the molecule is Cc1nc(N2CC[C@H](OCCN3CCCCC3)C2)ccc1[N+](=O)[O-]. The lowest BCUT2D eigenvalue weighted by Crippen LogP contribution is -2.34. The molecule has 0 bridgehead atoms. The molecule has 2 aliphatic rings. The average Bonchev–Trinajstić information content (AvgIpc) is 3.04. The highest BCUT2D eigenvalue weighted by Gasteiger charge is 2.25. The average molecular weight is 334 g/mol. The number of hydrogen-bond donors (Lipinski definition) is 0. The van der Waals surface area contributed by atoms with Crippen LogP contribution in [0.4, 0.5) is 11.5 Å². The first-order valence-electron chi connectivity index (χ1n) is 8.84. The fraction of sp³-hybridized carbons (Fsp3) is 0.706. The van der Waals surface area contributed by atoms with E-state index in [4.69, 9.17) is 4.74 Å². The molecular formula is C17H26N4O3. The van der Waals surface area contributed by atoms with Crippen molar-refractivity contribution in [3.8, 4) is 0 Å². The second kappa shape index (κ2) is 7.90. The summed E-state index contributed by atoms with van der Waals surface area (Å²) >= 11 is 0. The molecule has 0 aliphatic carbocycles. The Labute approximate surface area is 142 Å². The van der Waals surface area contributed by atoms with Gasteiger partial charge in [0.1, 0.15) is 11.5 Å². The Hall–Kier alpha value is -1.73. The molecule has 3 heterocycles. The molecule has 2 fully saturated rings. The van der Waals surface area contributed by atoms with E-state index >= 15 is 0 Å². The molecule has 7 nitrogen and oxygen atoms in total. The third-order valence-corrected chi connectivity index (χ3v) is 4.92. The molecule has 1 aromatic rings. The molecule has 1 atom stereocenters. The monoisotopic (exact) mass is 334 g/mol. The number of nitrogens with zero attached hydrogens (tertiary/aromatic N) is 4. The molecule has 0 aromatic carbocycles. The van der Waals surface area contributed by atoms with Crippen LogP contribution in [-0.4, -0.2) is 60.2 Å². The summed E-state index contributed by atoms with van der Waals surface area (Å²) in [6.45, 7) is 7.59. The standard InChI is InChI=1S/C17H26N4O3/c1-14-16(21(22)23)5-6-17(18-14)20-10-7-15(13-20)24-12-11-19-8-3-2-4-9-19/h5-6,15H,2-4,7-13H2,1H3/t15-/m0/s1. The zero-order valence-electron chi connectivity index (χ0n) is 14.3. The molecule has 1 aromatic heterocycles.